The van der Waals surface area contributed by atoms with Gasteiger partial charge in [0.05, 0.1) is 22.0 Å². The zero-order chi connectivity index (χ0) is 33.0. The van der Waals surface area contributed by atoms with Crippen LogP contribution in [-0.4, -0.2) is 74.0 Å². The predicted octanol–water partition coefficient (Wildman–Crippen LogP) is 3.12. The number of nitro benzene ring substituents is 1. The summed E-state index contributed by atoms with van der Waals surface area (Å²) in [6, 6.07) is 20.8. The van der Waals surface area contributed by atoms with E-state index in [2.05, 4.69) is 0 Å². The van der Waals surface area contributed by atoms with Gasteiger partial charge in [0.1, 0.15) is 24.4 Å². The fraction of sp³-hybridized carbons (Fsp3) is 0.323. The van der Waals surface area contributed by atoms with Crippen LogP contribution in [0.5, 0.6) is 0 Å². The van der Waals surface area contributed by atoms with Gasteiger partial charge in [-0.15, -0.1) is 0 Å². The summed E-state index contributed by atoms with van der Waals surface area (Å²) in [6.45, 7) is 2.14. The maximum atomic E-state index is 13.5. The Bertz CT molecular complexity index is 1680. The molecule has 15 heteroatoms. The lowest BCUT2D eigenvalue weighted by Crippen LogP contribution is -2.59. The van der Waals surface area contributed by atoms with Crippen LogP contribution in [-0.2, 0) is 54.2 Å². The van der Waals surface area contributed by atoms with Gasteiger partial charge in [-0.25, -0.2) is 4.79 Å². The number of nitrogens with zero attached hydrogens (tertiary/aromatic N) is 1. The number of hydrogen-bond donors (Lipinski definition) is 0. The van der Waals surface area contributed by atoms with Crippen LogP contribution in [0, 0.1) is 10.1 Å². The molecular weight excluding hydrogens is 626 g/mol. The number of nitro groups is 1. The number of fused-ring (bicyclic) bond motifs is 2. The van der Waals surface area contributed by atoms with Gasteiger partial charge in [0.25, 0.3) is 15.8 Å². The second kappa shape index (κ2) is 13.7. The van der Waals surface area contributed by atoms with Gasteiger partial charge in [0.15, 0.2) is 18.3 Å². The zero-order valence-electron chi connectivity index (χ0n) is 24.5. The Morgan fingerprint density at radius 1 is 0.739 bits per heavy atom. The molecular formula is C31H29NO13S. The summed E-state index contributed by atoms with van der Waals surface area (Å²) in [4.78, 5) is 47.9. The van der Waals surface area contributed by atoms with Crippen molar-refractivity contribution in [3.63, 3.8) is 0 Å². The molecule has 242 valence electrons. The Morgan fingerprint density at radius 2 is 1.28 bits per heavy atom. The van der Waals surface area contributed by atoms with Crippen LogP contribution >= 0.6 is 0 Å². The van der Waals surface area contributed by atoms with Crippen molar-refractivity contribution < 1.29 is 55.6 Å². The molecule has 0 aromatic heterocycles. The van der Waals surface area contributed by atoms with Gasteiger partial charge in [-0.1, -0.05) is 48.5 Å². The van der Waals surface area contributed by atoms with Crippen LogP contribution in [0.3, 0.4) is 0 Å². The third-order valence-corrected chi connectivity index (χ3v) is 8.62. The number of benzene rings is 3. The van der Waals surface area contributed by atoms with E-state index in [-0.39, 0.29) is 17.9 Å². The summed E-state index contributed by atoms with van der Waals surface area (Å²) in [6.07, 6.45) is -9.88. The van der Waals surface area contributed by atoms with Gasteiger partial charge < -0.3 is 23.7 Å². The van der Waals surface area contributed by atoms with Crippen molar-refractivity contribution in [1.29, 1.82) is 0 Å². The number of esters is 3. The molecule has 2 aliphatic rings. The summed E-state index contributed by atoms with van der Waals surface area (Å²) in [5, 5.41) is 11.1. The number of carbonyl (C=O) groups excluding carboxylic acids is 3. The minimum Gasteiger partial charge on any atom is -0.456 e. The molecule has 2 heterocycles. The van der Waals surface area contributed by atoms with E-state index in [1.807, 2.05) is 0 Å². The Balaban J connectivity index is 1.55. The van der Waals surface area contributed by atoms with Crippen LogP contribution in [0.4, 0.5) is 5.69 Å². The summed E-state index contributed by atoms with van der Waals surface area (Å²) < 4.78 is 62.0. The largest absolute Gasteiger partial charge is 0.456 e. The van der Waals surface area contributed by atoms with Gasteiger partial charge in [-0.05, 0) is 29.8 Å². The van der Waals surface area contributed by atoms with Gasteiger partial charge in [0, 0.05) is 26.0 Å². The van der Waals surface area contributed by atoms with Crippen molar-refractivity contribution in [3.05, 3.63) is 106 Å². The van der Waals surface area contributed by atoms with Crippen molar-refractivity contribution in [2.24, 2.45) is 0 Å². The Morgan fingerprint density at radius 3 is 1.83 bits per heavy atom. The van der Waals surface area contributed by atoms with Crippen molar-refractivity contribution in [2.75, 3.05) is 0 Å². The van der Waals surface area contributed by atoms with E-state index in [1.54, 1.807) is 48.5 Å². The van der Waals surface area contributed by atoms with Gasteiger partial charge in [-0.2, -0.15) is 8.42 Å². The molecule has 0 N–H and O–H groups in total. The van der Waals surface area contributed by atoms with Crippen molar-refractivity contribution in [2.45, 2.75) is 68.1 Å². The van der Waals surface area contributed by atoms with Crippen molar-refractivity contribution in [3.8, 4) is 0 Å². The average molecular weight is 656 g/mol. The molecule has 0 spiro atoms. The molecule has 0 saturated carbocycles. The highest BCUT2D eigenvalue weighted by atomic mass is 32.2. The third kappa shape index (κ3) is 7.23. The highest BCUT2D eigenvalue weighted by molar-refractivity contribution is 7.86. The van der Waals surface area contributed by atoms with Crippen molar-refractivity contribution >= 4 is 33.7 Å². The standard InChI is InChI=1S/C31H29NO13S/c1-18(33)41-26-25-24(40-17-20-9-5-3-6-10-20)30(45-46(38,39)23-15-13-22(14-16-23)32(36)37)29(43-25)27(42-19(2)34)28(26)44-31(35)21-11-7-4-8-12-21/h3-16,24-30H,17H2,1-2H3/t24-,25-,26+,27-,28+,29-,30+/m1/s1. The minimum absolute atomic E-state index is 0.0605. The Kier molecular flexibility index (Phi) is 9.76. The maximum absolute atomic E-state index is 13.5. The molecule has 2 saturated heterocycles. The highest BCUT2D eigenvalue weighted by Crippen LogP contribution is 2.43. The van der Waals surface area contributed by atoms with E-state index in [0.29, 0.717) is 5.56 Å². The summed E-state index contributed by atoms with van der Waals surface area (Å²) in [5.74, 6) is -2.46. The second-order valence-electron chi connectivity index (χ2n) is 10.5. The number of hydrogen-bond acceptors (Lipinski definition) is 13. The van der Waals surface area contributed by atoms with E-state index in [1.165, 1.54) is 12.1 Å². The monoisotopic (exact) mass is 655 g/mol. The van der Waals surface area contributed by atoms with Gasteiger partial charge in [-0.3, -0.25) is 23.9 Å². The number of carbonyl (C=O) groups is 3. The minimum atomic E-state index is -4.66. The maximum Gasteiger partial charge on any atom is 0.338 e. The fourth-order valence-corrected chi connectivity index (χ4v) is 6.45. The lowest BCUT2D eigenvalue weighted by Gasteiger charge is -2.40. The average Bonchev–Trinajstić information content (AvgIpc) is 3.34. The SMILES string of the molecule is CC(=O)O[C@@H]1[C@H](OC(=O)c2ccccc2)[C@@H](OC(C)=O)[C@H]2O[C@@H]1[C@@H](OCc1ccccc1)[C@@H]2OS(=O)(=O)c1ccc([N+](=O)[O-])cc1. The van der Waals surface area contributed by atoms with E-state index in [0.717, 1.165) is 38.1 Å². The Labute approximate surface area is 263 Å². The van der Waals surface area contributed by atoms with Crippen LogP contribution in [0.2, 0.25) is 0 Å². The van der Waals surface area contributed by atoms with Gasteiger partial charge in [0.2, 0.25) is 0 Å². The molecule has 2 bridgehead atoms. The molecule has 14 nitrogen and oxygen atoms in total. The highest BCUT2D eigenvalue weighted by Gasteiger charge is 2.65. The number of rotatable bonds is 11. The van der Waals surface area contributed by atoms with E-state index < -0.39 is 80.6 Å². The van der Waals surface area contributed by atoms with Crippen LogP contribution in [0.15, 0.2) is 89.8 Å². The molecule has 3 aromatic rings. The van der Waals surface area contributed by atoms with E-state index >= 15 is 0 Å². The predicted molar refractivity (Wildman–Crippen MR) is 156 cm³/mol. The Hall–Kier alpha value is -4.70. The third-order valence-electron chi connectivity index (χ3n) is 7.30. The first-order valence-corrected chi connectivity index (χ1v) is 15.4. The first kappa shape index (κ1) is 32.7. The van der Waals surface area contributed by atoms with Crippen LogP contribution in [0.1, 0.15) is 29.8 Å². The molecule has 0 amide bonds. The van der Waals surface area contributed by atoms with E-state index in [4.69, 9.17) is 27.9 Å². The molecule has 0 radical (unpaired) electrons. The summed E-state index contributed by atoms with van der Waals surface area (Å²) in [5.41, 5.74) is 0.508. The summed E-state index contributed by atoms with van der Waals surface area (Å²) >= 11 is 0. The summed E-state index contributed by atoms with van der Waals surface area (Å²) in [7, 11) is -4.66. The lowest BCUT2D eigenvalue weighted by molar-refractivity contribution is -0.384. The normalized spacial score (nSPS) is 25.3. The number of ether oxygens (including phenoxy) is 5. The van der Waals surface area contributed by atoms with Crippen molar-refractivity contribution in [1.82, 2.24) is 0 Å². The molecule has 2 aliphatic heterocycles. The smallest absolute Gasteiger partial charge is 0.338 e. The first-order chi connectivity index (χ1) is 21.9. The number of non-ortho nitro benzene ring substituents is 1. The van der Waals surface area contributed by atoms with Crippen LogP contribution < -0.4 is 0 Å². The zero-order valence-corrected chi connectivity index (χ0v) is 25.3. The lowest BCUT2D eigenvalue weighted by atomic mass is 9.99. The second-order valence-corrected chi connectivity index (χ2v) is 12.0. The molecule has 0 unspecified atom stereocenters. The fourth-order valence-electron chi connectivity index (χ4n) is 5.35. The molecule has 46 heavy (non-hydrogen) atoms. The molecule has 0 aliphatic carbocycles. The molecule has 7 atom stereocenters. The quantitative estimate of drug-likeness (QED) is 0.0966. The topological polar surface area (TPSA) is 184 Å². The van der Waals surface area contributed by atoms with E-state index in [9.17, 15) is 32.9 Å². The first-order valence-electron chi connectivity index (χ1n) is 14.0. The van der Waals surface area contributed by atoms with Crippen LogP contribution in [0.25, 0.3) is 0 Å². The molecule has 2 fully saturated rings. The van der Waals surface area contributed by atoms with Gasteiger partial charge >= 0.3 is 17.9 Å². The molecule has 3 aromatic carbocycles. The molecule has 5 rings (SSSR count).